The molecule has 7 nitrogen and oxygen atoms in total. The Morgan fingerprint density at radius 1 is 1.37 bits per heavy atom. The zero-order chi connectivity index (χ0) is 15.7. The fraction of sp³-hybridized carbons (Fsp3) is 0.727. The van der Waals surface area contributed by atoms with Gasteiger partial charge in [0.15, 0.2) is 5.72 Å². The second kappa shape index (κ2) is 9.03. The Kier molecular flexibility index (Phi) is 9.67. The van der Waals surface area contributed by atoms with Crippen LogP contribution < -0.4 is 0 Å². The SMILES string of the molecule is C=CC(=O)OC(C)(C)N(CC)CC.COS(=O)(=O)O. The van der Waals surface area contributed by atoms with Crippen LogP contribution in [-0.4, -0.2) is 49.8 Å². The molecule has 0 aromatic carbocycles. The average molecular weight is 297 g/mol. The minimum atomic E-state index is -4.16. The smallest absolute Gasteiger partial charge is 0.397 e. The number of hydrogen-bond donors (Lipinski definition) is 1. The van der Waals surface area contributed by atoms with Gasteiger partial charge in [-0.1, -0.05) is 20.4 Å². The summed E-state index contributed by atoms with van der Waals surface area (Å²) in [6.07, 6.45) is 1.19. The van der Waals surface area contributed by atoms with E-state index >= 15 is 0 Å². The molecule has 0 fully saturated rings. The molecule has 0 saturated carbocycles. The second-order valence-corrected chi connectivity index (χ2v) is 5.03. The molecule has 114 valence electrons. The van der Waals surface area contributed by atoms with Crippen molar-refractivity contribution in [1.29, 1.82) is 0 Å². The molecule has 0 aromatic heterocycles. The Bertz CT molecular complexity index is 373. The molecule has 0 aliphatic rings. The van der Waals surface area contributed by atoms with Crippen molar-refractivity contribution in [2.45, 2.75) is 33.4 Å². The third-order valence-corrected chi connectivity index (χ3v) is 2.67. The van der Waals surface area contributed by atoms with Crippen molar-refractivity contribution in [3.63, 3.8) is 0 Å². The van der Waals surface area contributed by atoms with Crippen LogP contribution >= 0.6 is 0 Å². The lowest BCUT2D eigenvalue weighted by molar-refractivity contribution is -0.170. The molecule has 19 heavy (non-hydrogen) atoms. The lowest BCUT2D eigenvalue weighted by atomic mass is 10.2. The molecule has 0 aromatic rings. The lowest BCUT2D eigenvalue weighted by Crippen LogP contribution is -2.46. The molecule has 0 amide bonds. The molecule has 0 heterocycles. The number of carbonyl (C=O) groups is 1. The molecular formula is C11H23NO6S. The highest BCUT2D eigenvalue weighted by Gasteiger charge is 2.27. The van der Waals surface area contributed by atoms with Gasteiger partial charge in [-0.25, -0.2) is 4.79 Å². The van der Waals surface area contributed by atoms with Gasteiger partial charge in [-0.05, 0) is 26.9 Å². The van der Waals surface area contributed by atoms with Gasteiger partial charge in [-0.15, -0.1) is 0 Å². The summed E-state index contributed by atoms with van der Waals surface area (Å²) in [6.45, 7) is 12.9. The van der Waals surface area contributed by atoms with Gasteiger partial charge in [0.25, 0.3) is 0 Å². The van der Waals surface area contributed by atoms with E-state index < -0.39 is 16.1 Å². The molecule has 0 rings (SSSR count). The Morgan fingerprint density at radius 3 is 1.95 bits per heavy atom. The van der Waals surface area contributed by atoms with Crippen LogP contribution in [0.2, 0.25) is 0 Å². The topological polar surface area (TPSA) is 93.1 Å². The van der Waals surface area contributed by atoms with E-state index in [1.165, 1.54) is 6.08 Å². The van der Waals surface area contributed by atoms with E-state index in [0.29, 0.717) is 0 Å². The second-order valence-electron chi connectivity index (χ2n) is 3.84. The first-order valence-corrected chi connectivity index (χ1v) is 7.04. The third-order valence-electron chi connectivity index (χ3n) is 2.25. The molecule has 0 atom stereocenters. The van der Waals surface area contributed by atoms with Gasteiger partial charge >= 0.3 is 16.4 Å². The van der Waals surface area contributed by atoms with Crippen LogP contribution in [0.5, 0.6) is 0 Å². The summed E-state index contributed by atoms with van der Waals surface area (Å²) in [6, 6.07) is 0. The number of esters is 1. The zero-order valence-corrected chi connectivity index (χ0v) is 12.9. The van der Waals surface area contributed by atoms with Crippen LogP contribution in [0.15, 0.2) is 12.7 Å². The summed E-state index contributed by atoms with van der Waals surface area (Å²) in [5, 5.41) is 0. The maximum Gasteiger partial charge on any atom is 0.397 e. The molecule has 0 bridgehead atoms. The summed E-state index contributed by atoms with van der Waals surface area (Å²) >= 11 is 0. The number of carbonyl (C=O) groups excluding carboxylic acids is 1. The van der Waals surface area contributed by atoms with Crippen molar-refractivity contribution < 1.29 is 26.7 Å². The predicted molar refractivity (Wildman–Crippen MR) is 71.8 cm³/mol. The van der Waals surface area contributed by atoms with E-state index in [1.807, 2.05) is 27.7 Å². The van der Waals surface area contributed by atoms with Crippen LogP contribution in [-0.2, 0) is 24.1 Å². The normalized spacial score (nSPS) is 11.5. The van der Waals surface area contributed by atoms with Gasteiger partial charge < -0.3 is 4.74 Å². The lowest BCUT2D eigenvalue weighted by Gasteiger charge is -2.35. The molecular weight excluding hydrogens is 274 g/mol. The van der Waals surface area contributed by atoms with Crippen molar-refractivity contribution in [2.24, 2.45) is 0 Å². The molecule has 8 heteroatoms. The number of ether oxygens (including phenoxy) is 1. The fourth-order valence-corrected chi connectivity index (χ4v) is 1.34. The molecule has 0 saturated heterocycles. The third kappa shape index (κ3) is 10.6. The van der Waals surface area contributed by atoms with Crippen molar-refractivity contribution >= 4 is 16.4 Å². The average Bonchev–Trinajstić information content (AvgIpc) is 2.29. The van der Waals surface area contributed by atoms with Gasteiger partial charge in [0, 0.05) is 6.08 Å². The summed E-state index contributed by atoms with van der Waals surface area (Å²) in [5.74, 6) is -0.378. The fourth-order valence-electron chi connectivity index (χ4n) is 1.34. The highest BCUT2D eigenvalue weighted by Crippen LogP contribution is 2.15. The predicted octanol–water partition coefficient (Wildman–Crippen LogP) is 1.23. The van der Waals surface area contributed by atoms with Crippen molar-refractivity contribution in [3.05, 3.63) is 12.7 Å². The number of rotatable bonds is 6. The maximum absolute atomic E-state index is 11.0. The van der Waals surface area contributed by atoms with E-state index in [9.17, 15) is 13.2 Å². The van der Waals surface area contributed by atoms with Crippen LogP contribution in [0.25, 0.3) is 0 Å². The van der Waals surface area contributed by atoms with E-state index in [0.717, 1.165) is 20.2 Å². The first-order valence-electron chi connectivity index (χ1n) is 5.67. The highest BCUT2D eigenvalue weighted by atomic mass is 32.3. The molecule has 1 N–H and O–H groups in total. The molecule has 0 unspecified atom stereocenters. The molecule has 0 aliphatic heterocycles. The van der Waals surface area contributed by atoms with Crippen molar-refractivity contribution in [3.8, 4) is 0 Å². The minimum Gasteiger partial charge on any atom is -0.441 e. The zero-order valence-electron chi connectivity index (χ0n) is 12.0. The summed E-state index contributed by atoms with van der Waals surface area (Å²) in [4.78, 5) is 13.1. The highest BCUT2D eigenvalue weighted by molar-refractivity contribution is 7.80. The standard InChI is InChI=1S/C10H19NO2.CH4O4S/c1-6-9(12)13-10(4,5)11(7-2)8-3;1-5-6(2,3)4/h6H,1,7-8H2,2-5H3;1H3,(H,2,3,4). The van der Waals surface area contributed by atoms with Crippen LogP contribution in [0.3, 0.4) is 0 Å². The van der Waals surface area contributed by atoms with Crippen molar-refractivity contribution in [1.82, 2.24) is 4.90 Å². The van der Waals surface area contributed by atoms with Gasteiger partial charge in [0.1, 0.15) is 0 Å². The monoisotopic (exact) mass is 297 g/mol. The summed E-state index contributed by atoms with van der Waals surface area (Å²) in [5.41, 5.74) is -0.547. The Labute approximate surface area is 115 Å². The van der Waals surface area contributed by atoms with Gasteiger partial charge in [0.2, 0.25) is 0 Å². The van der Waals surface area contributed by atoms with Crippen LogP contribution in [0.1, 0.15) is 27.7 Å². The van der Waals surface area contributed by atoms with Crippen LogP contribution in [0.4, 0.5) is 0 Å². The first kappa shape index (κ1) is 20.4. The largest absolute Gasteiger partial charge is 0.441 e. The van der Waals surface area contributed by atoms with Gasteiger partial charge in [-0.2, -0.15) is 8.42 Å². The quantitative estimate of drug-likeness (QED) is 0.341. The van der Waals surface area contributed by atoms with E-state index in [-0.39, 0.29) is 5.97 Å². The Balaban J connectivity index is 0. The maximum atomic E-state index is 11.0. The number of hydrogen-bond acceptors (Lipinski definition) is 6. The van der Waals surface area contributed by atoms with E-state index in [2.05, 4.69) is 15.7 Å². The summed E-state index contributed by atoms with van der Waals surface area (Å²) < 4.78 is 34.9. The Hall–Kier alpha value is -0.960. The van der Waals surface area contributed by atoms with Crippen LogP contribution in [0, 0.1) is 0 Å². The Morgan fingerprint density at radius 2 is 1.74 bits per heavy atom. The molecule has 0 radical (unpaired) electrons. The minimum absolute atomic E-state index is 0.378. The molecule has 0 aliphatic carbocycles. The van der Waals surface area contributed by atoms with Gasteiger partial charge in [0.05, 0.1) is 7.11 Å². The van der Waals surface area contributed by atoms with Crippen molar-refractivity contribution in [2.75, 3.05) is 20.2 Å². The van der Waals surface area contributed by atoms with E-state index in [4.69, 9.17) is 9.29 Å². The van der Waals surface area contributed by atoms with E-state index in [1.54, 1.807) is 0 Å². The summed E-state index contributed by atoms with van der Waals surface area (Å²) in [7, 11) is -3.29. The first-order chi connectivity index (χ1) is 8.53. The molecule has 0 spiro atoms. The van der Waals surface area contributed by atoms with Gasteiger partial charge in [-0.3, -0.25) is 13.6 Å². The number of nitrogens with zero attached hydrogens (tertiary/aromatic N) is 1.